The molecule has 6 nitrogen and oxygen atoms in total. The van der Waals surface area contributed by atoms with Crippen LogP contribution in [0.15, 0.2) is 24.5 Å². The number of piperidine rings is 2. The van der Waals surface area contributed by atoms with E-state index in [0.29, 0.717) is 24.5 Å². The topological polar surface area (TPSA) is 53.4 Å². The van der Waals surface area contributed by atoms with Crippen molar-refractivity contribution in [2.45, 2.75) is 38.8 Å². The monoisotopic (exact) mass is 365 g/mol. The molecule has 0 saturated carbocycles. The zero-order chi connectivity index (χ0) is 19.0. The Kier molecular flexibility index (Phi) is 4.79. The molecule has 3 saturated heterocycles. The van der Waals surface area contributed by atoms with E-state index in [4.69, 9.17) is 0 Å². The second kappa shape index (κ2) is 7.24. The van der Waals surface area contributed by atoms with Crippen molar-refractivity contribution in [1.82, 2.24) is 19.8 Å². The second-order valence-electron chi connectivity index (χ2n) is 7.87. The molecule has 6 heteroatoms. The molecule has 1 N–H and O–H groups in total. The fourth-order valence-electron chi connectivity index (χ4n) is 4.21. The molecule has 3 aliphatic heterocycles. The number of piperazine rings is 1. The van der Waals surface area contributed by atoms with Crippen LogP contribution >= 0.6 is 0 Å². The SMILES string of the molecule is CC(C)C#CCNC(=O)n1cnc2c(N3CC4CCC3CN4C)cccc21. The number of amides is 1. The molecule has 3 fully saturated rings. The van der Waals surface area contributed by atoms with E-state index in [0.717, 1.165) is 29.8 Å². The lowest BCUT2D eigenvalue weighted by Gasteiger charge is -2.51. The summed E-state index contributed by atoms with van der Waals surface area (Å²) in [5.41, 5.74) is 2.88. The third kappa shape index (κ3) is 3.40. The predicted molar refractivity (Wildman–Crippen MR) is 108 cm³/mol. The van der Waals surface area contributed by atoms with Gasteiger partial charge in [0.1, 0.15) is 11.8 Å². The molecule has 27 heavy (non-hydrogen) atoms. The van der Waals surface area contributed by atoms with Crippen LogP contribution in [-0.2, 0) is 0 Å². The summed E-state index contributed by atoms with van der Waals surface area (Å²) in [7, 11) is 2.22. The number of likely N-dealkylation sites (N-methyl/N-ethyl adjacent to an activating group) is 1. The molecule has 1 amide bonds. The third-order valence-electron chi connectivity index (χ3n) is 5.61. The van der Waals surface area contributed by atoms with E-state index in [1.54, 1.807) is 10.9 Å². The van der Waals surface area contributed by atoms with Crippen LogP contribution in [0.5, 0.6) is 0 Å². The summed E-state index contributed by atoms with van der Waals surface area (Å²) >= 11 is 0. The summed E-state index contributed by atoms with van der Waals surface area (Å²) in [6, 6.07) is 7.05. The number of carbonyl (C=O) groups excluding carboxylic acids is 1. The molecule has 3 aliphatic rings. The molecule has 1 aromatic carbocycles. The van der Waals surface area contributed by atoms with Crippen molar-refractivity contribution >= 4 is 22.8 Å². The number of fused-ring (bicyclic) bond motifs is 4. The average molecular weight is 365 g/mol. The van der Waals surface area contributed by atoms with E-state index in [1.807, 2.05) is 26.0 Å². The standard InChI is InChI=1S/C21H27N5O/c1-15(2)6-5-11-22-21(27)26-14-23-20-18(7-4-8-19(20)26)25-13-16-9-10-17(25)12-24(16)3/h4,7-8,14-17H,9-13H2,1-3H3,(H,22,27). The Labute approximate surface area is 160 Å². The predicted octanol–water partition coefficient (Wildman–Crippen LogP) is 2.54. The number of hydrogen-bond donors (Lipinski definition) is 1. The minimum Gasteiger partial charge on any atom is -0.364 e. The second-order valence-corrected chi connectivity index (χ2v) is 7.87. The van der Waals surface area contributed by atoms with Crippen molar-refractivity contribution in [3.8, 4) is 11.8 Å². The Morgan fingerprint density at radius 3 is 2.81 bits per heavy atom. The number of para-hydroxylation sites is 1. The minimum atomic E-state index is -0.187. The lowest BCUT2D eigenvalue weighted by atomic mass is 9.90. The van der Waals surface area contributed by atoms with Crippen LogP contribution in [0.25, 0.3) is 11.0 Å². The summed E-state index contributed by atoms with van der Waals surface area (Å²) in [6.45, 7) is 6.54. The Morgan fingerprint density at radius 1 is 1.30 bits per heavy atom. The van der Waals surface area contributed by atoms with Crippen LogP contribution in [0.2, 0.25) is 0 Å². The van der Waals surface area contributed by atoms with Gasteiger partial charge in [-0.25, -0.2) is 9.78 Å². The highest BCUT2D eigenvalue weighted by Crippen LogP contribution is 2.35. The van der Waals surface area contributed by atoms with Crippen molar-refractivity contribution in [2.75, 3.05) is 31.6 Å². The molecule has 0 aliphatic carbocycles. The van der Waals surface area contributed by atoms with Crippen LogP contribution in [0.3, 0.4) is 0 Å². The van der Waals surface area contributed by atoms with Gasteiger partial charge in [-0.15, -0.1) is 0 Å². The number of anilines is 1. The summed E-state index contributed by atoms with van der Waals surface area (Å²) in [5.74, 6) is 6.34. The van der Waals surface area contributed by atoms with Gasteiger partial charge in [0, 0.05) is 31.1 Å². The molecule has 5 rings (SSSR count). The average Bonchev–Trinajstić information content (AvgIpc) is 3.09. The quantitative estimate of drug-likeness (QED) is 0.831. The van der Waals surface area contributed by atoms with Crippen molar-refractivity contribution < 1.29 is 4.79 Å². The van der Waals surface area contributed by atoms with Crippen LogP contribution in [-0.4, -0.2) is 59.2 Å². The zero-order valence-corrected chi connectivity index (χ0v) is 16.3. The van der Waals surface area contributed by atoms with Crippen molar-refractivity contribution in [2.24, 2.45) is 5.92 Å². The fourth-order valence-corrected chi connectivity index (χ4v) is 4.21. The highest BCUT2D eigenvalue weighted by atomic mass is 16.2. The van der Waals surface area contributed by atoms with Crippen molar-refractivity contribution in [3.05, 3.63) is 24.5 Å². The molecule has 0 radical (unpaired) electrons. The largest absolute Gasteiger partial charge is 0.364 e. The lowest BCUT2D eigenvalue weighted by Crippen LogP contribution is -2.61. The number of rotatable bonds is 2. The zero-order valence-electron chi connectivity index (χ0n) is 16.3. The maximum absolute atomic E-state index is 12.5. The first-order chi connectivity index (χ1) is 13.0. The van der Waals surface area contributed by atoms with Gasteiger partial charge < -0.3 is 10.2 Å². The number of benzene rings is 1. The Bertz CT molecular complexity index is 906. The first-order valence-corrected chi connectivity index (χ1v) is 9.74. The molecule has 1 aromatic heterocycles. The third-order valence-corrected chi connectivity index (χ3v) is 5.61. The summed E-state index contributed by atoms with van der Waals surface area (Å²) in [6.07, 6.45) is 4.11. The number of carbonyl (C=O) groups is 1. The van der Waals surface area contributed by atoms with Gasteiger partial charge in [-0.3, -0.25) is 9.47 Å². The van der Waals surface area contributed by atoms with Crippen LogP contribution < -0.4 is 10.2 Å². The number of nitrogens with one attached hydrogen (secondary N) is 1. The number of nitrogens with zero attached hydrogens (tertiary/aromatic N) is 4. The molecular weight excluding hydrogens is 338 g/mol. The van der Waals surface area contributed by atoms with Gasteiger partial charge >= 0.3 is 6.03 Å². The normalized spacial score (nSPS) is 22.1. The molecule has 2 aromatic rings. The van der Waals surface area contributed by atoms with E-state index < -0.39 is 0 Å². The van der Waals surface area contributed by atoms with Gasteiger partial charge in [0.15, 0.2) is 0 Å². The van der Waals surface area contributed by atoms with Gasteiger partial charge in [-0.1, -0.05) is 31.8 Å². The van der Waals surface area contributed by atoms with E-state index >= 15 is 0 Å². The van der Waals surface area contributed by atoms with Crippen molar-refractivity contribution in [3.63, 3.8) is 0 Å². The van der Waals surface area contributed by atoms with Gasteiger partial charge in [0.2, 0.25) is 0 Å². The smallest absolute Gasteiger partial charge is 0.328 e. The Hall–Kier alpha value is -2.52. The highest BCUT2D eigenvalue weighted by molar-refractivity contribution is 5.95. The Balaban J connectivity index is 1.57. The number of aromatic nitrogens is 2. The van der Waals surface area contributed by atoms with Crippen LogP contribution in [0.4, 0.5) is 10.5 Å². The molecule has 142 valence electrons. The minimum absolute atomic E-state index is 0.187. The van der Waals surface area contributed by atoms with E-state index in [9.17, 15) is 4.79 Å². The maximum atomic E-state index is 12.5. The molecule has 4 heterocycles. The molecule has 2 bridgehead atoms. The van der Waals surface area contributed by atoms with Gasteiger partial charge in [0.05, 0.1) is 17.7 Å². The van der Waals surface area contributed by atoms with Crippen LogP contribution in [0.1, 0.15) is 26.7 Å². The maximum Gasteiger partial charge on any atom is 0.328 e. The van der Waals surface area contributed by atoms with Gasteiger partial charge in [-0.05, 0) is 32.0 Å². The van der Waals surface area contributed by atoms with E-state index in [-0.39, 0.29) is 6.03 Å². The Morgan fingerprint density at radius 2 is 2.11 bits per heavy atom. The number of hydrogen-bond acceptors (Lipinski definition) is 4. The summed E-state index contributed by atoms with van der Waals surface area (Å²) < 4.78 is 1.59. The van der Waals surface area contributed by atoms with Crippen molar-refractivity contribution in [1.29, 1.82) is 0 Å². The molecule has 0 spiro atoms. The van der Waals surface area contributed by atoms with Gasteiger partial charge in [-0.2, -0.15) is 0 Å². The molecule has 2 atom stereocenters. The van der Waals surface area contributed by atoms with E-state index in [2.05, 4.69) is 45.1 Å². The summed E-state index contributed by atoms with van der Waals surface area (Å²) in [4.78, 5) is 22.1. The number of imidazole rings is 1. The first kappa shape index (κ1) is 17.9. The van der Waals surface area contributed by atoms with E-state index in [1.165, 1.54) is 12.8 Å². The van der Waals surface area contributed by atoms with Gasteiger partial charge in [0.25, 0.3) is 0 Å². The summed E-state index contributed by atoms with van der Waals surface area (Å²) in [5, 5.41) is 2.85. The highest BCUT2D eigenvalue weighted by Gasteiger charge is 2.37. The van der Waals surface area contributed by atoms with Crippen LogP contribution in [0, 0.1) is 17.8 Å². The molecule has 2 unspecified atom stereocenters. The fraction of sp³-hybridized carbons (Fsp3) is 0.524. The lowest BCUT2D eigenvalue weighted by molar-refractivity contribution is 0.125. The molecular formula is C21H27N5O. The first-order valence-electron chi connectivity index (χ1n) is 9.74.